The molecule has 5 rings (SSSR count). The van der Waals surface area contributed by atoms with Gasteiger partial charge in [-0.3, -0.25) is 9.67 Å². The summed E-state index contributed by atoms with van der Waals surface area (Å²) in [6.45, 7) is 2.00. The standard InChI is InChI=1S/C19H21N9/c1-27-12-14(9-23-27)15-10-24-28-18(26-17-11-21-5-6-22-17)7-16(25-19(15)28)13-3-2-4-20-8-13/h5-7,9-13,20H,2-4,8H2,1H3,(H,22,26). The monoisotopic (exact) mass is 375 g/mol. The molecule has 1 aliphatic heterocycles. The van der Waals surface area contributed by atoms with Crippen molar-refractivity contribution in [2.24, 2.45) is 7.05 Å². The molecule has 0 saturated carbocycles. The van der Waals surface area contributed by atoms with Crippen molar-refractivity contribution < 1.29 is 0 Å². The Morgan fingerprint density at radius 3 is 2.89 bits per heavy atom. The van der Waals surface area contributed by atoms with Gasteiger partial charge in [-0.15, -0.1) is 0 Å². The van der Waals surface area contributed by atoms with Crippen LogP contribution in [0.15, 0.2) is 43.2 Å². The van der Waals surface area contributed by atoms with Crippen LogP contribution in [0.3, 0.4) is 0 Å². The van der Waals surface area contributed by atoms with Gasteiger partial charge in [-0.05, 0) is 19.4 Å². The van der Waals surface area contributed by atoms with Crippen molar-refractivity contribution in [3.63, 3.8) is 0 Å². The number of anilines is 2. The second kappa shape index (κ2) is 7.01. The SMILES string of the molecule is Cn1cc(-c2cnn3c(Nc4cnccn4)cc(C4CCCNC4)nc23)cn1. The number of hydrogen-bond acceptors (Lipinski definition) is 7. The first-order valence-corrected chi connectivity index (χ1v) is 9.39. The first kappa shape index (κ1) is 16.8. The van der Waals surface area contributed by atoms with Crippen molar-refractivity contribution >= 4 is 17.3 Å². The van der Waals surface area contributed by atoms with E-state index in [1.54, 1.807) is 23.3 Å². The van der Waals surface area contributed by atoms with Gasteiger partial charge >= 0.3 is 0 Å². The number of nitrogens with one attached hydrogen (secondary N) is 2. The number of aryl methyl sites for hydroxylation is 1. The summed E-state index contributed by atoms with van der Waals surface area (Å²) in [4.78, 5) is 13.5. The molecule has 5 heterocycles. The van der Waals surface area contributed by atoms with Crippen LogP contribution in [0.25, 0.3) is 16.8 Å². The van der Waals surface area contributed by atoms with Crippen molar-refractivity contribution in [2.75, 3.05) is 18.4 Å². The second-order valence-electron chi connectivity index (χ2n) is 7.02. The van der Waals surface area contributed by atoms with Gasteiger partial charge < -0.3 is 10.6 Å². The van der Waals surface area contributed by atoms with Crippen LogP contribution in [0, 0.1) is 0 Å². The van der Waals surface area contributed by atoms with Gasteiger partial charge in [-0.2, -0.15) is 14.7 Å². The highest BCUT2D eigenvalue weighted by Crippen LogP contribution is 2.30. The van der Waals surface area contributed by atoms with Gasteiger partial charge in [0.1, 0.15) is 11.6 Å². The average molecular weight is 375 g/mol. The van der Waals surface area contributed by atoms with Crippen LogP contribution in [0.4, 0.5) is 11.6 Å². The van der Waals surface area contributed by atoms with Gasteiger partial charge in [0.25, 0.3) is 0 Å². The fourth-order valence-electron chi connectivity index (χ4n) is 3.64. The molecule has 1 fully saturated rings. The highest BCUT2D eigenvalue weighted by molar-refractivity contribution is 5.78. The molecular formula is C19H21N9. The van der Waals surface area contributed by atoms with E-state index < -0.39 is 0 Å². The maximum absolute atomic E-state index is 4.99. The summed E-state index contributed by atoms with van der Waals surface area (Å²) in [6, 6.07) is 2.07. The third-order valence-corrected chi connectivity index (χ3v) is 5.04. The lowest BCUT2D eigenvalue weighted by molar-refractivity contribution is 0.455. The summed E-state index contributed by atoms with van der Waals surface area (Å²) in [5.74, 6) is 1.86. The van der Waals surface area contributed by atoms with E-state index in [4.69, 9.17) is 4.98 Å². The van der Waals surface area contributed by atoms with E-state index in [2.05, 4.69) is 36.9 Å². The molecule has 1 aliphatic rings. The number of rotatable bonds is 4. The predicted octanol–water partition coefficient (Wildman–Crippen LogP) is 2.13. The van der Waals surface area contributed by atoms with Crippen molar-refractivity contribution in [3.8, 4) is 11.1 Å². The summed E-state index contributed by atoms with van der Waals surface area (Å²) in [5, 5.41) is 15.7. The topological polar surface area (TPSA) is 97.8 Å². The van der Waals surface area contributed by atoms with Crippen molar-refractivity contribution in [1.29, 1.82) is 0 Å². The molecule has 2 N–H and O–H groups in total. The summed E-state index contributed by atoms with van der Waals surface area (Å²) in [7, 11) is 1.91. The number of hydrogen-bond donors (Lipinski definition) is 2. The molecule has 1 atom stereocenters. The number of fused-ring (bicyclic) bond motifs is 1. The molecule has 0 aromatic carbocycles. The zero-order valence-corrected chi connectivity index (χ0v) is 15.6. The number of piperidine rings is 1. The average Bonchev–Trinajstić information content (AvgIpc) is 3.35. The highest BCUT2D eigenvalue weighted by Gasteiger charge is 2.21. The Morgan fingerprint density at radius 1 is 1.18 bits per heavy atom. The normalized spacial score (nSPS) is 17.1. The summed E-state index contributed by atoms with van der Waals surface area (Å²) in [6.07, 6.45) is 12.9. The highest BCUT2D eigenvalue weighted by atomic mass is 15.3. The minimum Gasteiger partial charge on any atom is -0.323 e. The third-order valence-electron chi connectivity index (χ3n) is 5.04. The van der Waals surface area contributed by atoms with E-state index in [1.165, 1.54) is 0 Å². The van der Waals surface area contributed by atoms with Gasteiger partial charge in [-0.1, -0.05) is 0 Å². The first-order valence-electron chi connectivity index (χ1n) is 9.39. The molecule has 0 bridgehead atoms. The molecule has 9 nitrogen and oxygen atoms in total. The van der Waals surface area contributed by atoms with Gasteiger partial charge in [0.15, 0.2) is 5.65 Å². The molecule has 4 aromatic heterocycles. The molecular weight excluding hydrogens is 354 g/mol. The summed E-state index contributed by atoms with van der Waals surface area (Å²) in [5.41, 5.74) is 3.81. The minimum atomic E-state index is 0.373. The Bertz CT molecular complexity index is 1090. The second-order valence-corrected chi connectivity index (χ2v) is 7.02. The fraction of sp³-hybridized carbons (Fsp3) is 0.316. The van der Waals surface area contributed by atoms with Crippen molar-refractivity contribution in [1.82, 2.24) is 39.7 Å². The van der Waals surface area contributed by atoms with E-state index in [-0.39, 0.29) is 0 Å². The zero-order chi connectivity index (χ0) is 18.9. The molecule has 0 radical (unpaired) electrons. The Balaban J connectivity index is 1.65. The van der Waals surface area contributed by atoms with Crippen molar-refractivity contribution in [2.45, 2.75) is 18.8 Å². The van der Waals surface area contributed by atoms with Gasteiger partial charge in [-0.25, -0.2) is 9.97 Å². The number of nitrogens with zero attached hydrogens (tertiary/aromatic N) is 7. The molecule has 0 amide bonds. The fourth-order valence-corrected chi connectivity index (χ4v) is 3.64. The maximum atomic E-state index is 4.99. The smallest absolute Gasteiger partial charge is 0.165 e. The maximum Gasteiger partial charge on any atom is 0.165 e. The Morgan fingerprint density at radius 2 is 2.14 bits per heavy atom. The molecule has 0 aliphatic carbocycles. The van der Waals surface area contributed by atoms with Crippen LogP contribution in [0.5, 0.6) is 0 Å². The van der Waals surface area contributed by atoms with Crippen LogP contribution in [-0.2, 0) is 7.05 Å². The van der Waals surface area contributed by atoms with Crippen molar-refractivity contribution in [3.05, 3.63) is 48.9 Å². The van der Waals surface area contributed by atoms with Crippen LogP contribution in [-0.4, -0.2) is 47.4 Å². The molecule has 142 valence electrons. The quantitative estimate of drug-likeness (QED) is 0.564. The third kappa shape index (κ3) is 3.09. The lowest BCUT2D eigenvalue weighted by Gasteiger charge is -2.23. The van der Waals surface area contributed by atoms with Crippen LogP contribution in [0.1, 0.15) is 24.5 Å². The lowest BCUT2D eigenvalue weighted by atomic mass is 9.96. The van der Waals surface area contributed by atoms with E-state index in [9.17, 15) is 0 Å². The summed E-state index contributed by atoms with van der Waals surface area (Å²) < 4.78 is 3.60. The van der Waals surface area contributed by atoms with Crippen LogP contribution in [0.2, 0.25) is 0 Å². The largest absolute Gasteiger partial charge is 0.323 e. The Kier molecular flexibility index (Phi) is 4.21. The molecule has 9 heteroatoms. The Labute approximate surface area is 161 Å². The molecule has 1 saturated heterocycles. The Hall–Kier alpha value is -3.33. The van der Waals surface area contributed by atoms with Crippen LogP contribution < -0.4 is 10.6 Å². The summed E-state index contributed by atoms with van der Waals surface area (Å²) >= 11 is 0. The van der Waals surface area contributed by atoms with E-state index in [0.29, 0.717) is 11.7 Å². The van der Waals surface area contributed by atoms with E-state index in [1.807, 2.05) is 30.2 Å². The lowest BCUT2D eigenvalue weighted by Crippen LogP contribution is -2.29. The minimum absolute atomic E-state index is 0.373. The molecule has 0 spiro atoms. The van der Waals surface area contributed by atoms with Gasteiger partial charge in [0, 0.05) is 55.3 Å². The predicted molar refractivity (Wildman–Crippen MR) is 105 cm³/mol. The van der Waals surface area contributed by atoms with E-state index >= 15 is 0 Å². The molecule has 4 aromatic rings. The van der Waals surface area contributed by atoms with Gasteiger partial charge in [0.2, 0.25) is 0 Å². The molecule has 28 heavy (non-hydrogen) atoms. The molecule has 1 unspecified atom stereocenters. The van der Waals surface area contributed by atoms with E-state index in [0.717, 1.165) is 54.2 Å². The zero-order valence-electron chi connectivity index (χ0n) is 15.6. The van der Waals surface area contributed by atoms with Gasteiger partial charge in [0.05, 0.1) is 24.3 Å². The first-order chi connectivity index (χ1) is 13.8. The van der Waals surface area contributed by atoms with Crippen LogP contribution >= 0.6 is 0 Å². The number of aromatic nitrogens is 7.